The van der Waals surface area contributed by atoms with E-state index in [0.717, 1.165) is 54.0 Å². The first-order valence-corrected chi connectivity index (χ1v) is 8.66. The van der Waals surface area contributed by atoms with E-state index in [1.165, 1.54) is 0 Å². The SMILES string of the molecule is Cc1cc(-c2nc3cc(CO)ccc3n2CC2CCNC2)c[nH]c1=O. The molecule has 6 nitrogen and oxygen atoms in total. The molecule has 3 N–H and O–H groups in total. The molecular weight excluding hydrogens is 316 g/mol. The molecule has 3 heterocycles. The number of aliphatic hydroxyl groups is 1. The first-order chi connectivity index (χ1) is 12.2. The number of fused-ring (bicyclic) bond motifs is 1. The number of hydrogen-bond acceptors (Lipinski definition) is 4. The quantitative estimate of drug-likeness (QED) is 0.677. The fraction of sp³-hybridized carbons (Fsp3) is 0.368. The van der Waals surface area contributed by atoms with E-state index in [0.29, 0.717) is 11.5 Å². The molecule has 1 saturated heterocycles. The molecule has 25 heavy (non-hydrogen) atoms. The fourth-order valence-corrected chi connectivity index (χ4v) is 3.53. The van der Waals surface area contributed by atoms with Gasteiger partial charge in [0.05, 0.1) is 17.6 Å². The monoisotopic (exact) mass is 338 g/mol. The summed E-state index contributed by atoms with van der Waals surface area (Å²) in [6.45, 7) is 4.76. The third-order valence-electron chi connectivity index (χ3n) is 4.95. The predicted molar refractivity (Wildman–Crippen MR) is 97.4 cm³/mol. The molecule has 1 aliphatic rings. The van der Waals surface area contributed by atoms with Crippen LogP contribution in [0.15, 0.2) is 35.3 Å². The lowest BCUT2D eigenvalue weighted by Gasteiger charge is -2.14. The largest absolute Gasteiger partial charge is 0.392 e. The zero-order valence-corrected chi connectivity index (χ0v) is 14.2. The van der Waals surface area contributed by atoms with Crippen LogP contribution in [0, 0.1) is 12.8 Å². The Hall–Kier alpha value is -2.44. The maximum Gasteiger partial charge on any atom is 0.250 e. The molecule has 0 radical (unpaired) electrons. The van der Waals surface area contributed by atoms with E-state index in [2.05, 4.69) is 14.9 Å². The Kier molecular flexibility index (Phi) is 4.15. The van der Waals surface area contributed by atoms with Gasteiger partial charge in [0, 0.05) is 23.9 Å². The molecule has 1 unspecified atom stereocenters. The Morgan fingerprint density at radius 1 is 1.36 bits per heavy atom. The second-order valence-corrected chi connectivity index (χ2v) is 6.79. The van der Waals surface area contributed by atoms with E-state index in [9.17, 15) is 9.90 Å². The molecule has 0 bridgehead atoms. The minimum atomic E-state index is -0.0750. The summed E-state index contributed by atoms with van der Waals surface area (Å²) in [5.74, 6) is 1.42. The summed E-state index contributed by atoms with van der Waals surface area (Å²) in [6.07, 6.45) is 2.88. The number of imidazole rings is 1. The van der Waals surface area contributed by atoms with Gasteiger partial charge in [-0.3, -0.25) is 4.79 Å². The Morgan fingerprint density at radius 2 is 2.24 bits per heavy atom. The van der Waals surface area contributed by atoms with Gasteiger partial charge in [0.2, 0.25) is 0 Å². The lowest BCUT2D eigenvalue weighted by molar-refractivity contribution is 0.282. The van der Waals surface area contributed by atoms with E-state index in [4.69, 9.17) is 4.98 Å². The van der Waals surface area contributed by atoms with Crippen LogP contribution < -0.4 is 10.9 Å². The molecule has 1 aromatic carbocycles. The normalized spacial score (nSPS) is 17.4. The van der Waals surface area contributed by atoms with Crippen molar-refractivity contribution >= 4 is 11.0 Å². The molecule has 1 fully saturated rings. The van der Waals surface area contributed by atoms with Crippen LogP contribution in [0.3, 0.4) is 0 Å². The van der Waals surface area contributed by atoms with E-state index < -0.39 is 0 Å². The summed E-state index contributed by atoms with van der Waals surface area (Å²) in [4.78, 5) is 19.3. The maximum absolute atomic E-state index is 11.7. The lowest BCUT2D eigenvalue weighted by Crippen LogP contribution is -2.15. The van der Waals surface area contributed by atoms with Crippen molar-refractivity contribution in [3.63, 3.8) is 0 Å². The molecule has 0 aliphatic carbocycles. The van der Waals surface area contributed by atoms with Gasteiger partial charge in [0.15, 0.2) is 0 Å². The summed E-state index contributed by atoms with van der Waals surface area (Å²) in [5.41, 5.74) is 4.29. The molecular formula is C19H22N4O2. The number of benzene rings is 1. The van der Waals surface area contributed by atoms with Gasteiger partial charge in [0.25, 0.3) is 5.56 Å². The average molecular weight is 338 g/mol. The molecule has 2 aromatic heterocycles. The van der Waals surface area contributed by atoms with Crippen molar-refractivity contribution in [3.8, 4) is 11.4 Å². The topological polar surface area (TPSA) is 82.9 Å². The smallest absolute Gasteiger partial charge is 0.250 e. The lowest BCUT2D eigenvalue weighted by atomic mass is 10.1. The van der Waals surface area contributed by atoms with Gasteiger partial charge in [-0.15, -0.1) is 0 Å². The van der Waals surface area contributed by atoms with Gasteiger partial charge in [-0.05, 0) is 56.1 Å². The molecule has 0 spiro atoms. The average Bonchev–Trinajstić information content (AvgIpc) is 3.25. The van der Waals surface area contributed by atoms with Crippen LogP contribution in [-0.2, 0) is 13.2 Å². The standard InChI is InChI=1S/C19H22N4O2/c1-12-6-15(9-21-19(12)25)18-22-16-7-13(11-24)2-3-17(16)23(18)10-14-4-5-20-8-14/h2-3,6-7,9,14,20,24H,4-5,8,10-11H2,1H3,(H,21,25). The summed E-state index contributed by atoms with van der Waals surface area (Å²) < 4.78 is 2.24. The minimum absolute atomic E-state index is 0.00242. The van der Waals surface area contributed by atoms with Gasteiger partial charge in [-0.1, -0.05) is 6.07 Å². The van der Waals surface area contributed by atoms with Gasteiger partial charge >= 0.3 is 0 Å². The summed E-state index contributed by atoms with van der Waals surface area (Å²) >= 11 is 0. The van der Waals surface area contributed by atoms with Crippen LogP contribution in [0.25, 0.3) is 22.4 Å². The number of pyridine rings is 1. The molecule has 0 amide bonds. The van der Waals surface area contributed by atoms with Crippen LogP contribution >= 0.6 is 0 Å². The highest BCUT2D eigenvalue weighted by molar-refractivity contribution is 5.81. The van der Waals surface area contributed by atoms with Crippen LogP contribution in [0.1, 0.15) is 17.5 Å². The van der Waals surface area contributed by atoms with Crippen LogP contribution in [0.2, 0.25) is 0 Å². The predicted octanol–water partition coefficient (Wildman–Crippen LogP) is 1.80. The highest BCUT2D eigenvalue weighted by atomic mass is 16.3. The van der Waals surface area contributed by atoms with Gasteiger partial charge in [-0.2, -0.15) is 0 Å². The molecule has 130 valence electrons. The number of aryl methyl sites for hydroxylation is 1. The second-order valence-electron chi connectivity index (χ2n) is 6.79. The molecule has 4 rings (SSSR count). The Morgan fingerprint density at radius 3 is 2.96 bits per heavy atom. The Bertz CT molecular complexity index is 967. The zero-order chi connectivity index (χ0) is 17.4. The number of nitrogens with one attached hydrogen (secondary N) is 2. The number of aromatic amines is 1. The Balaban J connectivity index is 1.87. The maximum atomic E-state index is 11.7. The van der Waals surface area contributed by atoms with Crippen molar-refractivity contribution in [2.45, 2.75) is 26.5 Å². The Labute approximate surface area is 145 Å². The van der Waals surface area contributed by atoms with Crippen molar-refractivity contribution in [2.24, 2.45) is 5.92 Å². The second kappa shape index (κ2) is 6.46. The van der Waals surface area contributed by atoms with Crippen molar-refractivity contribution < 1.29 is 5.11 Å². The summed E-state index contributed by atoms with van der Waals surface area (Å²) in [6, 6.07) is 7.78. The van der Waals surface area contributed by atoms with Crippen LogP contribution in [0.4, 0.5) is 0 Å². The fourth-order valence-electron chi connectivity index (χ4n) is 3.53. The van der Waals surface area contributed by atoms with Crippen molar-refractivity contribution in [1.82, 2.24) is 19.9 Å². The summed E-state index contributed by atoms with van der Waals surface area (Å²) in [7, 11) is 0. The zero-order valence-electron chi connectivity index (χ0n) is 14.2. The first-order valence-electron chi connectivity index (χ1n) is 8.66. The number of H-pyrrole nitrogens is 1. The highest BCUT2D eigenvalue weighted by Crippen LogP contribution is 2.27. The molecule has 3 aromatic rings. The summed E-state index contributed by atoms with van der Waals surface area (Å²) in [5, 5.41) is 12.8. The van der Waals surface area contributed by atoms with Crippen molar-refractivity contribution in [3.05, 3.63) is 51.9 Å². The number of rotatable bonds is 4. The van der Waals surface area contributed by atoms with Crippen LogP contribution in [0.5, 0.6) is 0 Å². The van der Waals surface area contributed by atoms with Crippen molar-refractivity contribution in [1.29, 1.82) is 0 Å². The first kappa shape index (κ1) is 16.1. The van der Waals surface area contributed by atoms with Gasteiger partial charge < -0.3 is 20.0 Å². The third kappa shape index (κ3) is 2.99. The van der Waals surface area contributed by atoms with E-state index in [1.54, 1.807) is 13.1 Å². The van der Waals surface area contributed by atoms with Gasteiger partial charge in [-0.25, -0.2) is 4.98 Å². The number of nitrogens with zero attached hydrogens (tertiary/aromatic N) is 2. The van der Waals surface area contributed by atoms with Crippen molar-refractivity contribution in [2.75, 3.05) is 13.1 Å². The number of aromatic nitrogens is 3. The molecule has 6 heteroatoms. The molecule has 1 aliphatic heterocycles. The molecule has 0 saturated carbocycles. The van der Waals surface area contributed by atoms with E-state index in [1.807, 2.05) is 24.3 Å². The number of hydrogen-bond donors (Lipinski definition) is 3. The van der Waals surface area contributed by atoms with Gasteiger partial charge in [0.1, 0.15) is 5.82 Å². The van der Waals surface area contributed by atoms with E-state index >= 15 is 0 Å². The van der Waals surface area contributed by atoms with Crippen LogP contribution in [-0.4, -0.2) is 32.7 Å². The third-order valence-corrected chi connectivity index (χ3v) is 4.95. The minimum Gasteiger partial charge on any atom is -0.392 e. The molecule has 1 atom stereocenters. The highest BCUT2D eigenvalue weighted by Gasteiger charge is 2.20. The van der Waals surface area contributed by atoms with E-state index in [-0.39, 0.29) is 12.2 Å². The number of aliphatic hydroxyl groups excluding tert-OH is 1.